The second-order valence-corrected chi connectivity index (χ2v) is 7.39. The highest BCUT2D eigenvalue weighted by molar-refractivity contribution is 5.58. The van der Waals surface area contributed by atoms with Gasteiger partial charge in [0.2, 0.25) is 11.8 Å². The minimum Gasteiger partial charge on any atom is -0.493 e. The summed E-state index contributed by atoms with van der Waals surface area (Å²) in [6.07, 6.45) is 5.42. The van der Waals surface area contributed by atoms with Gasteiger partial charge >= 0.3 is 5.69 Å². The van der Waals surface area contributed by atoms with E-state index in [1.54, 1.807) is 7.11 Å². The van der Waals surface area contributed by atoms with Crippen LogP contribution in [-0.2, 0) is 11.3 Å². The maximum atomic E-state index is 11.2. The van der Waals surface area contributed by atoms with Gasteiger partial charge in [0, 0.05) is 19.2 Å². The number of nitrogens with zero attached hydrogens (tertiary/aromatic N) is 3. The Morgan fingerprint density at radius 1 is 1.30 bits per heavy atom. The fourth-order valence-corrected chi connectivity index (χ4v) is 3.20. The van der Waals surface area contributed by atoms with E-state index in [1.165, 1.54) is 6.20 Å². The Morgan fingerprint density at radius 2 is 2.17 bits per heavy atom. The largest absolute Gasteiger partial charge is 0.493 e. The lowest BCUT2D eigenvalue weighted by atomic mass is 10.2. The van der Waals surface area contributed by atoms with E-state index in [9.17, 15) is 10.1 Å². The molecule has 2 heterocycles. The number of benzene rings is 1. The normalized spacial score (nSPS) is 18.1. The maximum Gasteiger partial charge on any atom is 0.329 e. The lowest BCUT2D eigenvalue weighted by Crippen LogP contribution is -2.16. The van der Waals surface area contributed by atoms with E-state index in [1.807, 2.05) is 18.2 Å². The molecule has 1 aliphatic carbocycles. The van der Waals surface area contributed by atoms with Gasteiger partial charge in [0.1, 0.15) is 12.8 Å². The molecule has 10 nitrogen and oxygen atoms in total. The highest BCUT2D eigenvalue weighted by atomic mass is 16.6. The molecule has 0 spiro atoms. The van der Waals surface area contributed by atoms with Crippen molar-refractivity contribution in [1.82, 2.24) is 9.97 Å². The Balaban J connectivity index is 1.39. The molecular weight excluding hydrogens is 390 g/mol. The molecule has 160 valence electrons. The molecule has 1 unspecified atom stereocenters. The van der Waals surface area contributed by atoms with E-state index in [-0.39, 0.29) is 23.7 Å². The Bertz CT molecular complexity index is 899. The average molecular weight is 415 g/mol. The summed E-state index contributed by atoms with van der Waals surface area (Å²) in [5, 5.41) is 17.4. The van der Waals surface area contributed by atoms with E-state index < -0.39 is 4.92 Å². The minimum atomic E-state index is -0.477. The van der Waals surface area contributed by atoms with Gasteiger partial charge in [-0.25, -0.2) is 4.98 Å². The van der Waals surface area contributed by atoms with E-state index in [0.29, 0.717) is 30.6 Å². The zero-order chi connectivity index (χ0) is 20.9. The summed E-state index contributed by atoms with van der Waals surface area (Å²) in [6, 6.07) is 5.92. The molecular formula is C20H25N5O5. The molecule has 0 amide bonds. The number of nitrogens with one attached hydrogen (secondary N) is 2. The molecule has 1 aromatic carbocycles. The van der Waals surface area contributed by atoms with Crippen molar-refractivity contribution in [3.63, 3.8) is 0 Å². The molecule has 4 rings (SSSR count). The van der Waals surface area contributed by atoms with Gasteiger partial charge in [-0.05, 0) is 43.4 Å². The molecule has 2 fully saturated rings. The molecule has 10 heteroatoms. The number of anilines is 2. The monoisotopic (exact) mass is 415 g/mol. The molecule has 30 heavy (non-hydrogen) atoms. The number of aromatic nitrogens is 2. The van der Waals surface area contributed by atoms with Crippen LogP contribution in [0.25, 0.3) is 0 Å². The standard InChI is InChI=1S/C20H25N5O5/c1-28-18-9-13(4-7-17(18)30-12-15-3-2-8-29-15)10-21-20-22-11-16(25(26)27)19(24-20)23-14-5-6-14/h4,7,9,11,14-15H,2-3,5-6,8,10,12H2,1H3,(H2,21,22,23,24). The Kier molecular flexibility index (Phi) is 6.12. The molecule has 2 aliphatic rings. The van der Waals surface area contributed by atoms with Gasteiger partial charge in [-0.2, -0.15) is 4.98 Å². The van der Waals surface area contributed by atoms with Crippen LogP contribution in [0.5, 0.6) is 11.5 Å². The van der Waals surface area contributed by atoms with Crippen LogP contribution < -0.4 is 20.1 Å². The van der Waals surface area contributed by atoms with Gasteiger partial charge in [-0.3, -0.25) is 10.1 Å². The summed E-state index contributed by atoms with van der Waals surface area (Å²) >= 11 is 0. The maximum absolute atomic E-state index is 11.2. The van der Waals surface area contributed by atoms with Crippen molar-refractivity contribution >= 4 is 17.5 Å². The molecule has 1 aliphatic heterocycles. The van der Waals surface area contributed by atoms with Gasteiger partial charge in [-0.15, -0.1) is 0 Å². The smallest absolute Gasteiger partial charge is 0.329 e. The minimum absolute atomic E-state index is 0.123. The highest BCUT2D eigenvalue weighted by Crippen LogP contribution is 2.31. The summed E-state index contributed by atoms with van der Waals surface area (Å²) in [5.74, 6) is 1.86. The Labute approximate surface area is 174 Å². The molecule has 2 aromatic rings. The fourth-order valence-electron chi connectivity index (χ4n) is 3.20. The molecule has 0 radical (unpaired) electrons. The number of ether oxygens (including phenoxy) is 3. The van der Waals surface area contributed by atoms with Gasteiger partial charge in [0.25, 0.3) is 0 Å². The van der Waals surface area contributed by atoms with Crippen LogP contribution in [0.1, 0.15) is 31.2 Å². The van der Waals surface area contributed by atoms with Gasteiger partial charge < -0.3 is 24.8 Å². The van der Waals surface area contributed by atoms with Crippen molar-refractivity contribution in [3.8, 4) is 11.5 Å². The Morgan fingerprint density at radius 3 is 2.87 bits per heavy atom. The number of nitro groups is 1. The number of rotatable bonds is 10. The lowest BCUT2D eigenvalue weighted by Gasteiger charge is -2.15. The van der Waals surface area contributed by atoms with Gasteiger partial charge in [0.15, 0.2) is 11.5 Å². The molecule has 0 bridgehead atoms. The number of hydrogen-bond acceptors (Lipinski definition) is 9. The molecule has 1 saturated heterocycles. The zero-order valence-electron chi connectivity index (χ0n) is 16.8. The molecule has 1 saturated carbocycles. The number of methoxy groups -OCH3 is 1. The van der Waals surface area contributed by atoms with Crippen LogP contribution in [-0.4, -0.2) is 47.4 Å². The summed E-state index contributed by atoms with van der Waals surface area (Å²) in [4.78, 5) is 19.0. The second-order valence-electron chi connectivity index (χ2n) is 7.39. The summed E-state index contributed by atoms with van der Waals surface area (Å²) < 4.78 is 16.9. The molecule has 1 aromatic heterocycles. The van der Waals surface area contributed by atoms with Crippen molar-refractivity contribution in [1.29, 1.82) is 0 Å². The first-order chi connectivity index (χ1) is 14.6. The first-order valence-corrected chi connectivity index (χ1v) is 10.1. The molecule has 2 N–H and O–H groups in total. The van der Waals surface area contributed by atoms with Gasteiger partial charge in [0.05, 0.1) is 18.1 Å². The van der Waals surface area contributed by atoms with Crippen molar-refractivity contribution in [2.75, 3.05) is 31.0 Å². The third-order valence-corrected chi connectivity index (χ3v) is 5.01. The summed E-state index contributed by atoms with van der Waals surface area (Å²) in [5.41, 5.74) is 0.817. The average Bonchev–Trinajstić information content (AvgIpc) is 3.41. The van der Waals surface area contributed by atoms with E-state index in [4.69, 9.17) is 14.2 Å². The lowest BCUT2D eigenvalue weighted by molar-refractivity contribution is -0.384. The Hall–Kier alpha value is -3.14. The SMILES string of the molecule is COc1cc(CNc2ncc([N+](=O)[O-])c(NC3CC3)n2)ccc1OCC1CCCO1. The highest BCUT2D eigenvalue weighted by Gasteiger charge is 2.26. The van der Waals surface area contributed by atoms with Crippen molar-refractivity contribution in [3.05, 3.63) is 40.1 Å². The quantitative estimate of drug-likeness (QED) is 0.445. The van der Waals surface area contributed by atoms with E-state index >= 15 is 0 Å². The van der Waals surface area contributed by atoms with Crippen LogP contribution in [0.2, 0.25) is 0 Å². The predicted octanol–water partition coefficient (Wildman–Crippen LogP) is 3.14. The van der Waals surface area contributed by atoms with Crippen LogP contribution in [0.4, 0.5) is 17.5 Å². The van der Waals surface area contributed by atoms with Crippen molar-refractivity contribution < 1.29 is 19.1 Å². The second kappa shape index (κ2) is 9.12. The number of hydrogen-bond donors (Lipinski definition) is 2. The van der Waals surface area contributed by atoms with Crippen molar-refractivity contribution in [2.45, 2.75) is 44.4 Å². The topological polar surface area (TPSA) is 121 Å². The molecule has 1 atom stereocenters. The van der Waals surface area contributed by atoms with Crippen LogP contribution in [0.3, 0.4) is 0 Å². The fraction of sp³-hybridized carbons (Fsp3) is 0.500. The predicted molar refractivity (Wildman–Crippen MR) is 110 cm³/mol. The first kappa shape index (κ1) is 20.1. The van der Waals surface area contributed by atoms with Crippen LogP contribution in [0.15, 0.2) is 24.4 Å². The van der Waals surface area contributed by atoms with Crippen LogP contribution in [0, 0.1) is 10.1 Å². The van der Waals surface area contributed by atoms with E-state index in [0.717, 1.165) is 37.9 Å². The van der Waals surface area contributed by atoms with Crippen molar-refractivity contribution in [2.24, 2.45) is 0 Å². The summed E-state index contributed by atoms with van der Waals surface area (Å²) in [7, 11) is 1.60. The van der Waals surface area contributed by atoms with Crippen LogP contribution >= 0.6 is 0 Å². The van der Waals surface area contributed by atoms with Gasteiger partial charge in [-0.1, -0.05) is 6.07 Å². The van der Waals surface area contributed by atoms with E-state index in [2.05, 4.69) is 20.6 Å². The summed E-state index contributed by atoms with van der Waals surface area (Å²) in [6.45, 7) is 1.72. The third-order valence-electron chi connectivity index (χ3n) is 5.01. The third kappa shape index (κ3) is 5.07. The first-order valence-electron chi connectivity index (χ1n) is 10.1. The zero-order valence-corrected chi connectivity index (χ0v) is 16.8.